The highest BCUT2D eigenvalue weighted by Gasteiger charge is 2.61. The van der Waals surface area contributed by atoms with E-state index >= 15 is 0 Å². The second kappa shape index (κ2) is 6.82. The lowest BCUT2D eigenvalue weighted by Gasteiger charge is -2.46. The zero-order valence-corrected chi connectivity index (χ0v) is 17.4. The van der Waals surface area contributed by atoms with Crippen LogP contribution in [0, 0.1) is 23.2 Å². The van der Waals surface area contributed by atoms with Crippen molar-refractivity contribution < 1.29 is 18.0 Å². The van der Waals surface area contributed by atoms with Gasteiger partial charge in [0.05, 0.1) is 21.9 Å². The number of likely N-dealkylation sites (tertiary alicyclic amines) is 2. The molecule has 8 nitrogen and oxygen atoms in total. The van der Waals surface area contributed by atoms with Crippen LogP contribution in [0.1, 0.15) is 25.3 Å². The molecule has 4 rings (SSSR count). The number of rotatable bonds is 2. The number of hydrogen-bond donors (Lipinski definition) is 0. The Hall–Kier alpha value is -2.44. The molecule has 0 bridgehead atoms. The smallest absolute Gasteiger partial charge is 0.244 e. The highest BCUT2D eigenvalue weighted by Crippen LogP contribution is 2.49. The maximum atomic E-state index is 13.1. The lowest BCUT2D eigenvalue weighted by atomic mass is 9.75. The Morgan fingerprint density at radius 1 is 1.21 bits per heavy atom. The van der Waals surface area contributed by atoms with Gasteiger partial charge in [-0.25, -0.2) is 8.42 Å². The van der Waals surface area contributed by atoms with E-state index in [0.29, 0.717) is 25.9 Å². The van der Waals surface area contributed by atoms with Crippen LogP contribution in [0.4, 0.5) is 0 Å². The van der Waals surface area contributed by atoms with E-state index in [1.54, 1.807) is 29.0 Å². The van der Waals surface area contributed by atoms with Crippen molar-refractivity contribution in [3.63, 3.8) is 0 Å². The summed E-state index contributed by atoms with van der Waals surface area (Å²) < 4.78 is 27.7. The molecular weight excluding hydrogens is 392 g/mol. The predicted molar refractivity (Wildman–Crippen MR) is 104 cm³/mol. The highest BCUT2D eigenvalue weighted by molar-refractivity contribution is 7.89. The zero-order valence-electron chi connectivity index (χ0n) is 16.5. The van der Waals surface area contributed by atoms with Crippen LogP contribution in [-0.4, -0.2) is 73.1 Å². The molecule has 29 heavy (non-hydrogen) atoms. The van der Waals surface area contributed by atoms with Crippen molar-refractivity contribution in [3.05, 3.63) is 29.8 Å². The van der Waals surface area contributed by atoms with Gasteiger partial charge in [0.1, 0.15) is 6.07 Å². The molecule has 0 unspecified atom stereocenters. The van der Waals surface area contributed by atoms with Crippen LogP contribution in [0.25, 0.3) is 0 Å². The maximum absolute atomic E-state index is 13.1. The normalized spacial score (nSPS) is 26.6. The zero-order chi connectivity index (χ0) is 21.0. The molecule has 3 saturated heterocycles. The number of carbonyl (C=O) groups excluding carboxylic acids is 2. The Morgan fingerprint density at radius 2 is 1.86 bits per heavy atom. The average Bonchev–Trinajstić information content (AvgIpc) is 3.25. The van der Waals surface area contributed by atoms with Crippen LogP contribution in [0.3, 0.4) is 0 Å². The van der Waals surface area contributed by atoms with Crippen LogP contribution < -0.4 is 0 Å². The van der Waals surface area contributed by atoms with Gasteiger partial charge in [-0.3, -0.25) is 9.59 Å². The summed E-state index contributed by atoms with van der Waals surface area (Å²) in [6.45, 7) is 3.07. The molecule has 0 N–H and O–H groups in total. The third-order valence-electron chi connectivity index (χ3n) is 6.98. The molecule has 154 valence electrons. The van der Waals surface area contributed by atoms with Gasteiger partial charge in [-0.15, -0.1) is 0 Å². The first-order chi connectivity index (χ1) is 13.7. The molecule has 0 saturated carbocycles. The Kier molecular flexibility index (Phi) is 4.67. The maximum Gasteiger partial charge on any atom is 0.244 e. The van der Waals surface area contributed by atoms with Crippen LogP contribution in [-0.2, 0) is 19.6 Å². The molecule has 2 amide bonds. The topological polar surface area (TPSA) is 102 Å². The quantitative estimate of drug-likeness (QED) is 0.704. The average molecular weight is 417 g/mol. The van der Waals surface area contributed by atoms with Gasteiger partial charge in [-0.05, 0) is 25.0 Å². The second-order valence-electron chi connectivity index (χ2n) is 8.15. The molecule has 3 aliphatic heterocycles. The first kappa shape index (κ1) is 19.9. The van der Waals surface area contributed by atoms with E-state index < -0.39 is 15.6 Å². The van der Waals surface area contributed by atoms with Gasteiger partial charge in [-0.1, -0.05) is 12.1 Å². The second-order valence-corrected chi connectivity index (χ2v) is 10.1. The molecule has 0 radical (unpaired) electrons. The van der Waals surface area contributed by atoms with Gasteiger partial charge >= 0.3 is 0 Å². The summed E-state index contributed by atoms with van der Waals surface area (Å²) in [6, 6.07) is 8.17. The van der Waals surface area contributed by atoms with Crippen molar-refractivity contribution in [2.75, 3.05) is 33.2 Å². The fourth-order valence-electron chi connectivity index (χ4n) is 5.32. The first-order valence-corrected chi connectivity index (χ1v) is 11.2. The monoisotopic (exact) mass is 416 g/mol. The van der Waals surface area contributed by atoms with Crippen LogP contribution >= 0.6 is 0 Å². The van der Waals surface area contributed by atoms with Crippen molar-refractivity contribution in [3.8, 4) is 6.07 Å². The van der Waals surface area contributed by atoms with E-state index in [4.69, 9.17) is 0 Å². The summed E-state index contributed by atoms with van der Waals surface area (Å²) in [5.41, 5.74) is -0.291. The molecule has 9 heteroatoms. The molecule has 3 fully saturated rings. The first-order valence-electron chi connectivity index (χ1n) is 9.75. The Morgan fingerprint density at radius 3 is 2.48 bits per heavy atom. The summed E-state index contributed by atoms with van der Waals surface area (Å²) in [6.07, 6.45) is 1.05. The van der Waals surface area contributed by atoms with Gasteiger partial charge in [-0.2, -0.15) is 9.57 Å². The summed E-state index contributed by atoms with van der Waals surface area (Å²) in [5, 5.41) is 9.27. The predicted octanol–water partition coefficient (Wildman–Crippen LogP) is 0.648. The largest absolute Gasteiger partial charge is 0.342 e. The summed E-state index contributed by atoms with van der Waals surface area (Å²) >= 11 is 0. The standard InChI is InChI=1S/C20H24N4O4S/c1-14(25)23-12-16-17(13-23)20(22(2)19(16)26)7-9-24(10-8-20)29(27,28)18-6-4-3-5-15(18)11-21/h3-6,16-17H,7-10,12-13H2,1-2H3/t16-,17+/m0/s1. The van der Waals surface area contributed by atoms with Crippen LogP contribution in [0.15, 0.2) is 29.2 Å². The van der Waals surface area contributed by atoms with E-state index in [0.717, 1.165) is 0 Å². The summed E-state index contributed by atoms with van der Waals surface area (Å²) in [7, 11) is -1.99. The Bertz CT molecular complexity index is 1010. The number of sulfonamides is 1. The molecule has 1 aromatic rings. The summed E-state index contributed by atoms with van der Waals surface area (Å²) in [5.74, 6) is -0.158. The van der Waals surface area contributed by atoms with Crippen molar-refractivity contribution in [2.24, 2.45) is 11.8 Å². The van der Waals surface area contributed by atoms with Gasteiger partial charge < -0.3 is 9.80 Å². The van der Waals surface area contributed by atoms with E-state index in [9.17, 15) is 23.3 Å². The molecule has 1 aromatic carbocycles. The van der Waals surface area contributed by atoms with Crippen molar-refractivity contribution in [1.29, 1.82) is 5.26 Å². The van der Waals surface area contributed by atoms with E-state index in [1.807, 2.05) is 6.07 Å². The minimum Gasteiger partial charge on any atom is -0.342 e. The van der Waals surface area contributed by atoms with E-state index in [2.05, 4.69) is 0 Å². The van der Waals surface area contributed by atoms with E-state index in [1.165, 1.54) is 23.4 Å². The Balaban J connectivity index is 1.58. The highest BCUT2D eigenvalue weighted by atomic mass is 32.2. The van der Waals surface area contributed by atoms with Gasteiger partial charge in [0.2, 0.25) is 21.8 Å². The molecule has 1 spiro atoms. The number of piperidine rings is 1. The fraction of sp³-hybridized carbons (Fsp3) is 0.550. The SMILES string of the molecule is CC(=O)N1C[C@@H]2C(=O)N(C)C3(CCN(S(=O)(=O)c4ccccc4C#N)CC3)[C@@H]2C1. The lowest BCUT2D eigenvalue weighted by Crippen LogP contribution is -2.56. The third-order valence-corrected chi connectivity index (χ3v) is 8.94. The van der Waals surface area contributed by atoms with Crippen molar-refractivity contribution >= 4 is 21.8 Å². The number of amides is 2. The van der Waals surface area contributed by atoms with Gasteiger partial charge in [0, 0.05) is 46.1 Å². The third kappa shape index (κ3) is 2.85. The molecule has 0 aromatic heterocycles. The lowest BCUT2D eigenvalue weighted by molar-refractivity contribution is -0.135. The van der Waals surface area contributed by atoms with Crippen LogP contribution in [0.2, 0.25) is 0 Å². The molecule has 2 atom stereocenters. The minimum absolute atomic E-state index is 0.0239. The molecule has 3 heterocycles. The van der Waals surface area contributed by atoms with Gasteiger partial charge in [0.15, 0.2) is 0 Å². The molecule has 0 aliphatic carbocycles. The molecule has 3 aliphatic rings. The Labute approximate surface area is 170 Å². The molecular formula is C20H24N4O4S. The summed E-state index contributed by atoms with van der Waals surface area (Å²) in [4.78, 5) is 28.2. The van der Waals surface area contributed by atoms with Crippen molar-refractivity contribution in [1.82, 2.24) is 14.1 Å². The number of nitrogens with zero attached hydrogens (tertiary/aromatic N) is 4. The number of benzene rings is 1. The number of fused-ring (bicyclic) bond motifs is 2. The van der Waals surface area contributed by atoms with E-state index in [-0.39, 0.29) is 47.2 Å². The minimum atomic E-state index is -3.79. The number of hydrogen-bond acceptors (Lipinski definition) is 5. The number of carbonyl (C=O) groups is 2. The van der Waals surface area contributed by atoms with Gasteiger partial charge in [0.25, 0.3) is 0 Å². The fourth-order valence-corrected chi connectivity index (χ4v) is 6.90. The van der Waals surface area contributed by atoms with Crippen LogP contribution in [0.5, 0.6) is 0 Å². The number of nitriles is 1. The van der Waals surface area contributed by atoms with Crippen molar-refractivity contribution in [2.45, 2.75) is 30.2 Å².